The van der Waals surface area contributed by atoms with E-state index < -0.39 is 0 Å². The van der Waals surface area contributed by atoms with Gasteiger partial charge in [-0.2, -0.15) is 0 Å². The van der Waals surface area contributed by atoms with Crippen molar-refractivity contribution in [3.05, 3.63) is 62.1 Å². The number of carbonyl (C=O) groups is 1. The lowest BCUT2D eigenvalue weighted by molar-refractivity contribution is 0.103. The molecule has 0 saturated heterocycles. The SMILES string of the molecule is COc1cc(C)c(C(=O)c2cc(Cl)ccc2Br)cc1C. The lowest BCUT2D eigenvalue weighted by Crippen LogP contribution is -2.06. The number of rotatable bonds is 3. The molecule has 2 nitrogen and oxygen atoms in total. The van der Waals surface area contributed by atoms with E-state index in [1.165, 1.54) is 0 Å². The Bertz CT molecular complexity index is 680. The summed E-state index contributed by atoms with van der Waals surface area (Å²) in [5.74, 6) is 0.729. The second-order valence-electron chi connectivity index (χ2n) is 4.59. The molecule has 2 rings (SSSR count). The largest absolute Gasteiger partial charge is 0.496 e. The Morgan fingerprint density at radius 1 is 1.10 bits per heavy atom. The van der Waals surface area contributed by atoms with Crippen molar-refractivity contribution >= 4 is 33.3 Å². The van der Waals surface area contributed by atoms with Gasteiger partial charge in [0.1, 0.15) is 5.75 Å². The number of halogens is 2. The van der Waals surface area contributed by atoms with E-state index in [1.807, 2.05) is 26.0 Å². The van der Waals surface area contributed by atoms with Crippen molar-refractivity contribution in [1.82, 2.24) is 0 Å². The fourth-order valence-corrected chi connectivity index (χ4v) is 2.67. The van der Waals surface area contributed by atoms with Crippen molar-refractivity contribution in [2.45, 2.75) is 13.8 Å². The van der Waals surface area contributed by atoms with Crippen LogP contribution in [-0.2, 0) is 0 Å². The fourth-order valence-electron chi connectivity index (χ4n) is 2.07. The van der Waals surface area contributed by atoms with Gasteiger partial charge in [0.25, 0.3) is 0 Å². The molecule has 0 N–H and O–H groups in total. The lowest BCUT2D eigenvalue weighted by atomic mass is 9.97. The van der Waals surface area contributed by atoms with Crippen molar-refractivity contribution in [2.24, 2.45) is 0 Å². The normalized spacial score (nSPS) is 10.4. The molecule has 0 aromatic heterocycles. The van der Waals surface area contributed by atoms with Gasteiger partial charge in [-0.3, -0.25) is 4.79 Å². The summed E-state index contributed by atoms with van der Waals surface area (Å²) in [5, 5.41) is 0.541. The molecule has 104 valence electrons. The first-order valence-electron chi connectivity index (χ1n) is 6.09. The zero-order valence-electron chi connectivity index (χ0n) is 11.5. The molecular weight excluding hydrogens is 340 g/mol. The van der Waals surface area contributed by atoms with Crippen molar-refractivity contribution in [3.8, 4) is 5.75 Å². The quantitative estimate of drug-likeness (QED) is 0.729. The van der Waals surface area contributed by atoms with E-state index in [1.54, 1.807) is 25.3 Å². The van der Waals surface area contributed by atoms with Crippen LogP contribution in [0.1, 0.15) is 27.0 Å². The minimum Gasteiger partial charge on any atom is -0.496 e. The van der Waals surface area contributed by atoms with Crippen LogP contribution in [0.5, 0.6) is 5.75 Å². The van der Waals surface area contributed by atoms with Crippen LogP contribution in [0.4, 0.5) is 0 Å². The highest BCUT2D eigenvalue weighted by Crippen LogP contribution is 2.28. The first-order valence-corrected chi connectivity index (χ1v) is 7.26. The van der Waals surface area contributed by atoms with E-state index in [2.05, 4.69) is 15.9 Å². The first kappa shape index (κ1) is 15.1. The van der Waals surface area contributed by atoms with Gasteiger partial charge in [-0.05, 0) is 55.3 Å². The fraction of sp³-hybridized carbons (Fsp3) is 0.188. The summed E-state index contributed by atoms with van der Waals surface area (Å²) in [6.45, 7) is 3.82. The molecule has 20 heavy (non-hydrogen) atoms. The number of methoxy groups -OCH3 is 1. The zero-order valence-corrected chi connectivity index (χ0v) is 13.8. The average Bonchev–Trinajstić information content (AvgIpc) is 2.42. The minimum absolute atomic E-state index is 0.0531. The minimum atomic E-state index is -0.0531. The number of benzene rings is 2. The highest BCUT2D eigenvalue weighted by molar-refractivity contribution is 9.10. The molecular formula is C16H14BrClO2. The molecule has 0 bridgehead atoms. The summed E-state index contributed by atoms with van der Waals surface area (Å²) in [6.07, 6.45) is 0. The maximum Gasteiger partial charge on any atom is 0.194 e. The molecule has 2 aromatic carbocycles. The van der Waals surface area contributed by atoms with Crippen LogP contribution in [-0.4, -0.2) is 12.9 Å². The smallest absolute Gasteiger partial charge is 0.194 e. The Labute approximate surface area is 131 Å². The van der Waals surface area contributed by atoms with Gasteiger partial charge in [-0.15, -0.1) is 0 Å². The molecule has 0 aliphatic carbocycles. The second kappa shape index (κ2) is 5.98. The van der Waals surface area contributed by atoms with Gasteiger partial charge in [-0.25, -0.2) is 0 Å². The van der Waals surface area contributed by atoms with Gasteiger partial charge in [0.05, 0.1) is 7.11 Å². The van der Waals surface area contributed by atoms with Gasteiger partial charge in [0.2, 0.25) is 0 Å². The third-order valence-corrected chi connectivity index (χ3v) is 4.09. The van der Waals surface area contributed by atoms with Crippen LogP contribution in [0.25, 0.3) is 0 Å². The van der Waals surface area contributed by atoms with Gasteiger partial charge >= 0.3 is 0 Å². The van der Waals surface area contributed by atoms with Crippen molar-refractivity contribution in [3.63, 3.8) is 0 Å². The number of ketones is 1. The van der Waals surface area contributed by atoms with E-state index in [9.17, 15) is 4.79 Å². The Morgan fingerprint density at radius 2 is 1.80 bits per heavy atom. The molecule has 0 aliphatic rings. The van der Waals surface area contributed by atoms with Crippen LogP contribution in [0, 0.1) is 13.8 Å². The van der Waals surface area contributed by atoms with Crippen LogP contribution < -0.4 is 4.74 Å². The van der Waals surface area contributed by atoms with E-state index in [0.717, 1.165) is 21.3 Å². The van der Waals surface area contributed by atoms with E-state index >= 15 is 0 Å². The molecule has 4 heteroatoms. The third kappa shape index (κ3) is 2.89. The molecule has 0 fully saturated rings. The molecule has 0 spiro atoms. The van der Waals surface area contributed by atoms with Gasteiger partial charge in [0.15, 0.2) is 5.78 Å². The first-order chi connectivity index (χ1) is 9.43. The van der Waals surface area contributed by atoms with Gasteiger partial charge in [-0.1, -0.05) is 27.5 Å². The van der Waals surface area contributed by atoms with E-state index in [0.29, 0.717) is 16.1 Å². The third-order valence-electron chi connectivity index (χ3n) is 3.16. The number of hydrogen-bond donors (Lipinski definition) is 0. The zero-order chi connectivity index (χ0) is 14.9. The van der Waals surface area contributed by atoms with E-state index in [-0.39, 0.29) is 5.78 Å². The average molecular weight is 354 g/mol. The Hall–Kier alpha value is -1.32. The molecule has 0 unspecified atom stereocenters. The number of aryl methyl sites for hydroxylation is 2. The lowest BCUT2D eigenvalue weighted by Gasteiger charge is -2.11. The van der Waals surface area contributed by atoms with Gasteiger partial charge < -0.3 is 4.74 Å². The summed E-state index contributed by atoms with van der Waals surface area (Å²) < 4.78 is 6.00. The summed E-state index contributed by atoms with van der Waals surface area (Å²) in [7, 11) is 1.62. The molecule has 0 radical (unpaired) electrons. The Morgan fingerprint density at radius 3 is 2.45 bits per heavy atom. The summed E-state index contributed by atoms with van der Waals surface area (Å²) in [6, 6.07) is 8.92. The monoisotopic (exact) mass is 352 g/mol. The maximum absolute atomic E-state index is 12.7. The highest BCUT2D eigenvalue weighted by atomic mass is 79.9. The number of carbonyl (C=O) groups excluding carboxylic acids is 1. The summed E-state index contributed by atoms with van der Waals surface area (Å²) in [5.41, 5.74) is 3.03. The molecule has 0 amide bonds. The van der Waals surface area contributed by atoms with Crippen molar-refractivity contribution in [2.75, 3.05) is 7.11 Å². The topological polar surface area (TPSA) is 26.3 Å². The molecule has 0 atom stereocenters. The second-order valence-corrected chi connectivity index (χ2v) is 5.88. The number of ether oxygens (including phenoxy) is 1. The molecule has 2 aromatic rings. The highest BCUT2D eigenvalue weighted by Gasteiger charge is 2.17. The summed E-state index contributed by atoms with van der Waals surface area (Å²) >= 11 is 9.37. The Kier molecular flexibility index (Phi) is 4.51. The van der Waals surface area contributed by atoms with Crippen molar-refractivity contribution in [1.29, 1.82) is 0 Å². The van der Waals surface area contributed by atoms with Crippen LogP contribution >= 0.6 is 27.5 Å². The standard InChI is InChI=1S/C16H14BrClO2/c1-9-7-15(20-3)10(2)6-12(9)16(19)13-8-11(18)4-5-14(13)17/h4-8H,1-3H3. The molecule has 0 saturated carbocycles. The molecule has 0 aliphatic heterocycles. The van der Waals surface area contributed by atoms with Crippen molar-refractivity contribution < 1.29 is 9.53 Å². The predicted octanol–water partition coefficient (Wildman–Crippen LogP) is 4.96. The summed E-state index contributed by atoms with van der Waals surface area (Å²) in [4.78, 5) is 12.7. The maximum atomic E-state index is 12.7. The van der Waals surface area contributed by atoms with Crippen LogP contribution in [0.2, 0.25) is 5.02 Å². The van der Waals surface area contributed by atoms with E-state index in [4.69, 9.17) is 16.3 Å². The Balaban J connectivity index is 2.54. The van der Waals surface area contributed by atoms with Crippen LogP contribution in [0.3, 0.4) is 0 Å². The predicted molar refractivity (Wildman–Crippen MR) is 85.1 cm³/mol. The number of hydrogen-bond acceptors (Lipinski definition) is 2. The van der Waals surface area contributed by atoms with Gasteiger partial charge in [0, 0.05) is 20.6 Å². The molecule has 0 heterocycles. The van der Waals surface area contributed by atoms with Crippen LogP contribution in [0.15, 0.2) is 34.8 Å².